The Bertz CT molecular complexity index is 276. The van der Waals surface area contributed by atoms with Crippen LogP contribution in [0.2, 0.25) is 0 Å². The van der Waals surface area contributed by atoms with Crippen molar-refractivity contribution < 1.29 is 19.1 Å². The van der Waals surface area contributed by atoms with Gasteiger partial charge in [0.05, 0.1) is 0 Å². The number of ether oxygens (including phenoxy) is 2. The first kappa shape index (κ1) is 16.8. The van der Waals surface area contributed by atoms with E-state index in [2.05, 4.69) is 0 Å². The summed E-state index contributed by atoms with van der Waals surface area (Å²) in [4.78, 5) is 21.8. The largest absolute Gasteiger partial charge is 0.460 e. The molecule has 0 amide bonds. The molecular weight excluding hydrogens is 232 g/mol. The molecule has 0 aromatic rings. The highest BCUT2D eigenvalue weighted by atomic mass is 16.6. The van der Waals surface area contributed by atoms with Gasteiger partial charge in [0, 0.05) is 13.5 Å². The highest BCUT2D eigenvalue weighted by Crippen LogP contribution is 2.10. The van der Waals surface area contributed by atoms with E-state index >= 15 is 0 Å². The Morgan fingerprint density at radius 1 is 1.28 bits per heavy atom. The van der Waals surface area contributed by atoms with E-state index in [0.29, 0.717) is 6.42 Å². The van der Waals surface area contributed by atoms with Crippen molar-refractivity contribution in [3.63, 3.8) is 0 Å². The summed E-state index contributed by atoms with van der Waals surface area (Å²) >= 11 is 0. The molecule has 0 spiro atoms. The summed E-state index contributed by atoms with van der Waals surface area (Å²) in [6.45, 7) is 5.58. The number of aldehydes is 1. The zero-order valence-corrected chi connectivity index (χ0v) is 11.8. The molecular formula is C14H24O4. The SMILES string of the molecule is CO[C@H](C=O)/C=C/CCCCC(=O)OC(C)(C)C. The molecule has 0 heterocycles. The van der Waals surface area contributed by atoms with Crippen LogP contribution in [0.4, 0.5) is 0 Å². The third kappa shape index (κ3) is 10.0. The van der Waals surface area contributed by atoms with Gasteiger partial charge in [-0.25, -0.2) is 0 Å². The van der Waals surface area contributed by atoms with Gasteiger partial charge < -0.3 is 14.3 Å². The number of rotatable bonds is 8. The number of esters is 1. The molecule has 0 N–H and O–H groups in total. The molecule has 104 valence electrons. The molecule has 0 saturated carbocycles. The highest BCUT2D eigenvalue weighted by molar-refractivity contribution is 5.69. The molecule has 1 atom stereocenters. The second-order valence-corrected chi connectivity index (χ2v) is 5.10. The van der Waals surface area contributed by atoms with E-state index in [-0.39, 0.29) is 5.97 Å². The Kier molecular flexibility index (Phi) is 8.29. The standard InChI is InChI=1S/C14H24O4/c1-14(2,3)18-13(16)10-8-6-5-7-9-12(11-15)17-4/h7,9,11-12H,5-6,8,10H2,1-4H3/b9-7+/t12-/m0/s1. The average Bonchev–Trinajstić information content (AvgIpc) is 2.26. The van der Waals surface area contributed by atoms with Gasteiger partial charge in [0.1, 0.15) is 11.7 Å². The van der Waals surface area contributed by atoms with Crippen molar-refractivity contribution in [1.82, 2.24) is 0 Å². The number of carbonyl (C=O) groups is 2. The van der Waals surface area contributed by atoms with Crippen molar-refractivity contribution in [3.8, 4) is 0 Å². The quantitative estimate of drug-likeness (QED) is 0.290. The molecule has 0 unspecified atom stereocenters. The molecule has 0 fully saturated rings. The summed E-state index contributed by atoms with van der Waals surface area (Å²) in [5.74, 6) is -0.158. The zero-order chi connectivity index (χ0) is 14.0. The molecule has 18 heavy (non-hydrogen) atoms. The van der Waals surface area contributed by atoms with E-state index in [0.717, 1.165) is 25.5 Å². The molecule has 0 rings (SSSR count). The van der Waals surface area contributed by atoms with E-state index < -0.39 is 11.7 Å². The number of hydrogen-bond acceptors (Lipinski definition) is 4. The summed E-state index contributed by atoms with van der Waals surface area (Å²) in [7, 11) is 1.49. The van der Waals surface area contributed by atoms with Gasteiger partial charge in [-0.3, -0.25) is 4.79 Å². The molecule has 0 radical (unpaired) electrons. The van der Waals surface area contributed by atoms with Crippen molar-refractivity contribution in [2.45, 2.75) is 58.2 Å². The first-order valence-corrected chi connectivity index (χ1v) is 6.25. The van der Waals surface area contributed by atoms with Crippen LogP contribution in [0.5, 0.6) is 0 Å². The van der Waals surface area contributed by atoms with Crippen molar-refractivity contribution in [2.75, 3.05) is 7.11 Å². The second kappa shape index (κ2) is 8.86. The molecule has 0 bridgehead atoms. The molecule has 4 heteroatoms. The lowest BCUT2D eigenvalue weighted by Gasteiger charge is -2.19. The van der Waals surface area contributed by atoms with Gasteiger partial charge in [0.2, 0.25) is 0 Å². The van der Waals surface area contributed by atoms with E-state index in [1.165, 1.54) is 7.11 Å². The minimum Gasteiger partial charge on any atom is -0.460 e. The lowest BCUT2D eigenvalue weighted by molar-refractivity contribution is -0.154. The van der Waals surface area contributed by atoms with Crippen molar-refractivity contribution in [3.05, 3.63) is 12.2 Å². The summed E-state index contributed by atoms with van der Waals surface area (Å²) in [5, 5.41) is 0. The Hall–Kier alpha value is -1.16. The molecule has 0 aromatic heterocycles. The van der Waals surface area contributed by atoms with Crippen LogP contribution in [0, 0.1) is 0 Å². The maximum Gasteiger partial charge on any atom is 0.306 e. The zero-order valence-electron chi connectivity index (χ0n) is 11.8. The minimum atomic E-state index is -0.462. The van der Waals surface area contributed by atoms with Gasteiger partial charge in [0.15, 0.2) is 6.29 Å². The Morgan fingerprint density at radius 2 is 1.94 bits per heavy atom. The molecule has 0 aliphatic carbocycles. The van der Waals surface area contributed by atoms with E-state index in [1.807, 2.05) is 26.8 Å². The second-order valence-electron chi connectivity index (χ2n) is 5.10. The van der Waals surface area contributed by atoms with Crippen molar-refractivity contribution >= 4 is 12.3 Å². The number of allylic oxidation sites excluding steroid dienone is 1. The predicted molar refractivity (Wildman–Crippen MR) is 70.3 cm³/mol. The normalized spacial score (nSPS) is 13.6. The van der Waals surface area contributed by atoms with Crippen molar-refractivity contribution in [2.24, 2.45) is 0 Å². The number of hydrogen-bond donors (Lipinski definition) is 0. The molecule has 4 nitrogen and oxygen atoms in total. The predicted octanol–water partition coefficient (Wildman–Crippen LogP) is 2.66. The molecule has 0 aliphatic rings. The van der Waals surface area contributed by atoms with Crippen LogP contribution in [0.3, 0.4) is 0 Å². The lowest BCUT2D eigenvalue weighted by Crippen LogP contribution is -2.23. The average molecular weight is 256 g/mol. The topological polar surface area (TPSA) is 52.6 Å². The van der Waals surface area contributed by atoms with Crippen LogP contribution < -0.4 is 0 Å². The van der Waals surface area contributed by atoms with E-state index in [9.17, 15) is 9.59 Å². The Morgan fingerprint density at radius 3 is 2.44 bits per heavy atom. The van der Waals surface area contributed by atoms with E-state index in [1.54, 1.807) is 6.08 Å². The van der Waals surface area contributed by atoms with Crippen LogP contribution in [-0.4, -0.2) is 31.1 Å². The maximum absolute atomic E-state index is 11.4. The fourth-order valence-electron chi connectivity index (χ4n) is 1.33. The Balaban J connectivity index is 3.62. The third-order valence-electron chi connectivity index (χ3n) is 2.15. The minimum absolute atomic E-state index is 0.158. The maximum atomic E-state index is 11.4. The van der Waals surface area contributed by atoms with Gasteiger partial charge >= 0.3 is 5.97 Å². The number of methoxy groups -OCH3 is 1. The van der Waals surface area contributed by atoms with Crippen LogP contribution in [0.25, 0.3) is 0 Å². The van der Waals surface area contributed by atoms with Crippen molar-refractivity contribution in [1.29, 1.82) is 0 Å². The lowest BCUT2D eigenvalue weighted by atomic mass is 10.1. The van der Waals surface area contributed by atoms with Crippen LogP contribution in [0.1, 0.15) is 46.5 Å². The number of carbonyl (C=O) groups excluding carboxylic acids is 2. The fraction of sp³-hybridized carbons (Fsp3) is 0.714. The summed E-state index contributed by atoms with van der Waals surface area (Å²) in [6.07, 6.45) is 6.86. The summed E-state index contributed by atoms with van der Waals surface area (Å²) in [5.41, 5.74) is -0.410. The van der Waals surface area contributed by atoms with Gasteiger partial charge in [-0.15, -0.1) is 0 Å². The summed E-state index contributed by atoms with van der Waals surface area (Å²) < 4.78 is 10.1. The van der Waals surface area contributed by atoms with Gasteiger partial charge in [0.25, 0.3) is 0 Å². The third-order valence-corrected chi connectivity index (χ3v) is 2.15. The number of unbranched alkanes of at least 4 members (excludes halogenated alkanes) is 2. The first-order valence-electron chi connectivity index (χ1n) is 6.25. The van der Waals surface area contributed by atoms with Gasteiger partial charge in [-0.1, -0.05) is 12.2 Å². The highest BCUT2D eigenvalue weighted by Gasteiger charge is 2.15. The molecule has 0 saturated heterocycles. The van der Waals surface area contributed by atoms with E-state index in [4.69, 9.17) is 9.47 Å². The fourth-order valence-corrected chi connectivity index (χ4v) is 1.33. The van der Waals surface area contributed by atoms with Gasteiger partial charge in [-0.2, -0.15) is 0 Å². The van der Waals surface area contributed by atoms with Crippen LogP contribution in [0.15, 0.2) is 12.2 Å². The van der Waals surface area contributed by atoms with Gasteiger partial charge in [-0.05, 0) is 40.0 Å². The van der Waals surface area contributed by atoms with Crippen LogP contribution >= 0.6 is 0 Å². The first-order chi connectivity index (χ1) is 8.39. The summed E-state index contributed by atoms with van der Waals surface area (Å²) in [6, 6.07) is 0. The smallest absolute Gasteiger partial charge is 0.306 e. The van der Waals surface area contributed by atoms with Crippen LogP contribution in [-0.2, 0) is 19.1 Å². The monoisotopic (exact) mass is 256 g/mol. The Labute approximate surface area is 109 Å². The molecule has 0 aliphatic heterocycles. The molecule has 0 aromatic carbocycles.